The van der Waals surface area contributed by atoms with Crippen LogP contribution >= 0.6 is 11.3 Å². The van der Waals surface area contributed by atoms with Crippen molar-refractivity contribution in [2.24, 2.45) is 5.92 Å². The van der Waals surface area contributed by atoms with E-state index in [0.717, 1.165) is 48.3 Å². The maximum absolute atomic E-state index is 13.8. The van der Waals surface area contributed by atoms with Crippen molar-refractivity contribution in [1.29, 1.82) is 0 Å². The number of hydrogen-bond acceptors (Lipinski definition) is 5. The lowest BCUT2D eigenvalue weighted by molar-refractivity contribution is -0.144. The number of carbonyl (C=O) groups excluding carboxylic acids is 2. The molecule has 0 saturated heterocycles. The second kappa shape index (κ2) is 11.4. The molecule has 4 aromatic rings. The predicted molar refractivity (Wildman–Crippen MR) is 142 cm³/mol. The third kappa shape index (κ3) is 5.78. The quantitative estimate of drug-likeness (QED) is 0.261. The summed E-state index contributed by atoms with van der Waals surface area (Å²) in [6.07, 6.45) is 8.29. The average molecular weight is 538 g/mol. The van der Waals surface area contributed by atoms with E-state index >= 15 is 0 Å². The summed E-state index contributed by atoms with van der Waals surface area (Å²) in [5.41, 5.74) is 2.39. The zero-order chi connectivity index (χ0) is 26.6. The predicted octanol–water partition coefficient (Wildman–Crippen LogP) is 6.50. The van der Waals surface area contributed by atoms with Crippen molar-refractivity contribution in [3.05, 3.63) is 83.3 Å². The molecule has 0 aliphatic heterocycles. The van der Waals surface area contributed by atoms with E-state index in [-0.39, 0.29) is 23.8 Å². The molecule has 1 N–H and O–H groups in total. The molecule has 2 aromatic carbocycles. The Morgan fingerprint density at radius 3 is 2.42 bits per heavy atom. The highest BCUT2D eigenvalue weighted by Gasteiger charge is 2.24. The van der Waals surface area contributed by atoms with Crippen LogP contribution in [0.1, 0.15) is 66.6 Å². The van der Waals surface area contributed by atoms with Gasteiger partial charge in [0.15, 0.2) is 4.96 Å². The van der Waals surface area contributed by atoms with E-state index in [4.69, 9.17) is 4.74 Å². The molecule has 1 saturated carbocycles. The van der Waals surface area contributed by atoms with Crippen LogP contribution in [0.5, 0.6) is 0 Å². The molecule has 1 amide bonds. The molecule has 2 heterocycles. The third-order valence-electron chi connectivity index (χ3n) is 7.15. The van der Waals surface area contributed by atoms with Gasteiger partial charge in [-0.05, 0) is 67.7 Å². The van der Waals surface area contributed by atoms with E-state index in [2.05, 4.69) is 34.6 Å². The SMILES string of the molecule is CCOC(=O)C[C@H]1CC[C@H](c2ccc(-c3cn4cc(C(=O)NCc5c(F)cccc5F)nc4s3)cc2)CC1. The second-order valence-corrected chi connectivity index (χ2v) is 10.7. The molecule has 5 rings (SSSR count). The average Bonchev–Trinajstić information content (AvgIpc) is 3.49. The molecular weight excluding hydrogens is 508 g/mol. The van der Waals surface area contributed by atoms with Gasteiger partial charge in [0.2, 0.25) is 0 Å². The maximum atomic E-state index is 13.8. The normalized spacial score (nSPS) is 17.4. The second-order valence-electron chi connectivity index (χ2n) is 9.64. The lowest BCUT2D eigenvalue weighted by Gasteiger charge is -2.28. The van der Waals surface area contributed by atoms with E-state index in [1.54, 1.807) is 10.6 Å². The van der Waals surface area contributed by atoms with Gasteiger partial charge in [0, 0.05) is 30.9 Å². The Labute approximate surface area is 223 Å². The zero-order valence-corrected chi connectivity index (χ0v) is 21.9. The molecular formula is C29H29F2N3O3S. The molecule has 198 valence electrons. The zero-order valence-electron chi connectivity index (χ0n) is 21.1. The van der Waals surface area contributed by atoms with Crippen LogP contribution in [-0.4, -0.2) is 27.9 Å². The summed E-state index contributed by atoms with van der Waals surface area (Å²) in [7, 11) is 0. The number of aromatic nitrogens is 2. The topological polar surface area (TPSA) is 72.7 Å². The first-order chi connectivity index (χ1) is 18.4. The molecule has 1 fully saturated rings. The molecule has 1 aliphatic carbocycles. The fraction of sp³-hybridized carbons (Fsp3) is 0.345. The van der Waals surface area contributed by atoms with Crippen LogP contribution in [0.2, 0.25) is 0 Å². The van der Waals surface area contributed by atoms with Crippen LogP contribution in [0, 0.1) is 17.6 Å². The van der Waals surface area contributed by atoms with Crippen molar-refractivity contribution in [3.63, 3.8) is 0 Å². The van der Waals surface area contributed by atoms with E-state index in [9.17, 15) is 18.4 Å². The number of hydrogen-bond donors (Lipinski definition) is 1. The molecule has 1 aliphatic rings. The van der Waals surface area contributed by atoms with E-state index < -0.39 is 17.5 Å². The van der Waals surface area contributed by atoms with Crippen LogP contribution in [0.15, 0.2) is 54.9 Å². The molecule has 6 nitrogen and oxygen atoms in total. The van der Waals surface area contributed by atoms with E-state index in [1.165, 1.54) is 23.0 Å². The highest BCUT2D eigenvalue weighted by Crippen LogP contribution is 2.38. The van der Waals surface area contributed by atoms with Crippen molar-refractivity contribution in [1.82, 2.24) is 14.7 Å². The van der Waals surface area contributed by atoms with Gasteiger partial charge in [0.05, 0.1) is 11.5 Å². The smallest absolute Gasteiger partial charge is 0.306 e. The minimum absolute atomic E-state index is 0.0895. The molecule has 2 aromatic heterocycles. The van der Waals surface area contributed by atoms with Crippen molar-refractivity contribution in [3.8, 4) is 10.4 Å². The van der Waals surface area contributed by atoms with Gasteiger partial charge >= 0.3 is 5.97 Å². The molecule has 0 atom stereocenters. The third-order valence-corrected chi connectivity index (χ3v) is 8.20. The van der Waals surface area contributed by atoms with Gasteiger partial charge in [-0.1, -0.05) is 41.7 Å². The number of ether oxygens (including phenoxy) is 1. The van der Waals surface area contributed by atoms with E-state index in [0.29, 0.717) is 29.8 Å². The number of benzene rings is 2. The van der Waals surface area contributed by atoms with Crippen LogP contribution in [-0.2, 0) is 16.1 Å². The van der Waals surface area contributed by atoms with Gasteiger partial charge in [-0.3, -0.25) is 14.0 Å². The Bertz CT molecular complexity index is 1390. The Hall–Kier alpha value is -3.59. The Morgan fingerprint density at radius 1 is 1.05 bits per heavy atom. The highest BCUT2D eigenvalue weighted by atomic mass is 32.1. The van der Waals surface area contributed by atoms with Crippen molar-refractivity contribution < 1.29 is 23.1 Å². The van der Waals surface area contributed by atoms with Crippen molar-refractivity contribution >= 4 is 28.2 Å². The summed E-state index contributed by atoms with van der Waals surface area (Å²) in [6, 6.07) is 12.2. The number of carbonyl (C=O) groups is 2. The standard InChI is InChI=1S/C29H29F2N3O3S/c1-2-37-27(35)14-18-6-8-19(9-7-18)20-10-12-21(13-11-20)26-17-34-16-25(33-29(34)38-26)28(36)32-15-22-23(30)4-3-5-24(22)31/h3-5,10-13,16-19H,2,6-9,14-15H2,1H3,(H,32,36)/t18-,19-. The number of nitrogens with one attached hydrogen (secondary N) is 1. The Morgan fingerprint density at radius 2 is 1.76 bits per heavy atom. The summed E-state index contributed by atoms with van der Waals surface area (Å²) in [6.45, 7) is 2.02. The monoisotopic (exact) mass is 537 g/mol. The number of nitrogens with zero attached hydrogens (tertiary/aromatic N) is 2. The fourth-order valence-electron chi connectivity index (χ4n) is 5.07. The summed E-state index contributed by atoms with van der Waals surface area (Å²) in [5, 5.41) is 2.54. The van der Waals surface area contributed by atoms with Gasteiger partial charge in [0.25, 0.3) is 5.91 Å². The number of esters is 1. The number of amides is 1. The number of thiazole rings is 1. The number of imidazole rings is 1. The van der Waals surface area contributed by atoms with Crippen LogP contribution in [0.25, 0.3) is 15.4 Å². The maximum Gasteiger partial charge on any atom is 0.306 e. The summed E-state index contributed by atoms with van der Waals surface area (Å²) in [5.74, 6) is -1.07. The lowest BCUT2D eigenvalue weighted by Crippen LogP contribution is -2.24. The van der Waals surface area contributed by atoms with Gasteiger partial charge in [0.1, 0.15) is 17.3 Å². The van der Waals surface area contributed by atoms with Crippen LogP contribution in [0.4, 0.5) is 8.78 Å². The highest BCUT2D eigenvalue weighted by molar-refractivity contribution is 7.20. The number of fused-ring (bicyclic) bond motifs is 1. The van der Waals surface area contributed by atoms with Crippen LogP contribution in [0.3, 0.4) is 0 Å². The minimum atomic E-state index is -0.700. The fourth-order valence-corrected chi connectivity index (χ4v) is 6.05. The van der Waals surface area contributed by atoms with E-state index in [1.807, 2.05) is 13.1 Å². The molecule has 0 unspecified atom stereocenters. The van der Waals surface area contributed by atoms with Gasteiger partial charge in [-0.25, -0.2) is 13.8 Å². The largest absolute Gasteiger partial charge is 0.466 e. The Balaban J connectivity index is 1.19. The molecule has 9 heteroatoms. The molecule has 0 radical (unpaired) electrons. The number of rotatable bonds is 8. The summed E-state index contributed by atoms with van der Waals surface area (Å²) < 4.78 is 34.5. The molecule has 0 bridgehead atoms. The Kier molecular flexibility index (Phi) is 7.83. The van der Waals surface area contributed by atoms with Gasteiger partial charge in [-0.2, -0.15) is 0 Å². The molecule has 0 spiro atoms. The summed E-state index contributed by atoms with van der Waals surface area (Å²) >= 11 is 1.47. The minimum Gasteiger partial charge on any atom is -0.466 e. The van der Waals surface area contributed by atoms with Crippen molar-refractivity contribution in [2.45, 2.75) is 51.5 Å². The number of halogens is 2. The van der Waals surface area contributed by atoms with Gasteiger partial charge < -0.3 is 10.1 Å². The molecule has 38 heavy (non-hydrogen) atoms. The first-order valence-corrected chi connectivity index (χ1v) is 13.7. The van der Waals surface area contributed by atoms with Gasteiger partial charge in [-0.15, -0.1) is 0 Å². The lowest BCUT2D eigenvalue weighted by atomic mass is 9.77. The first kappa shape index (κ1) is 26.0. The first-order valence-electron chi connectivity index (χ1n) is 12.9. The van der Waals surface area contributed by atoms with Crippen molar-refractivity contribution in [2.75, 3.05) is 6.61 Å². The van der Waals surface area contributed by atoms with Crippen LogP contribution < -0.4 is 5.32 Å². The summed E-state index contributed by atoms with van der Waals surface area (Å²) in [4.78, 5) is 30.3.